The maximum Gasteiger partial charge on any atom is 0.231 e. The highest BCUT2D eigenvalue weighted by Gasteiger charge is 2.18. The van der Waals surface area contributed by atoms with Crippen LogP contribution >= 0.6 is 0 Å². The third kappa shape index (κ3) is 3.96. The minimum atomic E-state index is 0.527. The van der Waals surface area contributed by atoms with Crippen LogP contribution in [0.3, 0.4) is 0 Å². The van der Waals surface area contributed by atoms with E-state index in [1.807, 2.05) is 103 Å². The van der Waals surface area contributed by atoms with Crippen molar-refractivity contribution in [3.63, 3.8) is 0 Å². The van der Waals surface area contributed by atoms with Gasteiger partial charge in [0.2, 0.25) is 5.89 Å². The van der Waals surface area contributed by atoms with Gasteiger partial charge in [-0.15, -0.1) is 0 Å². The summed E-state index contributed by atoms with van der Waals surface area (Å²) >= 11 is 0. The molecule has 206 valence electrons. The van der Waals surface area contributed by atoms with Crippen LogP contribution in [0.15, 0.2) is 142 Å². The van der Waals surface area contributed by atoms with Gasteiger partial charge >= 0.3 is 0 Å². The molecule has 0 N–H and O–H groups in total. The minimum Gasteiger partial charge on any atom is -0.455 e. The van der Waals surface area contributed by atoms with Crippen molar-refractivity contribution < 1.29 is 8.83 Å². The zero-order valence-corrected chi connectivity index (χ0v) is 23.3. The molecule has 0 bridgehead atoms. The van der Waals surface area contributed by atoms with Gasteiger partial charge in [0.05, 0.1) is 5.56 Å². The van der Waals surface area contributed by atoms with Crippen LogP contribution in [0.25, 0.3) is 89.4 Å². The highest BCUT2D eigenvalue weighted by molar-refractivity contribution is 6.10. The summed E-state index contributed by atoms with van der Waals surface area (Å²) < 4.78 is 12.7. The summed E-state index contributed by atoms with van der Waals surface area (Å²) in [6.07, 6.45) is 0. The van der Waals surface area contributed by atoms with E-state index >= 15 is 0 Å². The van der Waals surface area contributed by atoms with Gasteiger partial charge in [-0.05, 0) is 35.7 Å². The zero-order valence-electron chi connectivity index (χ0n) is 23.3. The fraction of sp³-hybridized carbons (Fsp3) is 0. The van der Waals surface area contributed by atoms with Crippen LogP contribution in [0.5, 0.6) is 0 Å². The molecule has 0 aliphatic carbocycles. The molecule has 0 saturated heterocycles. The van der Waals surface area contributed by atoms with Gasteiger partial charge in [-0.1, -0.05) is 103 Å². The van der Waals surface area contributed by atoms with Crippen molar-refractivity contribution in [3.8, 4) is 45.6 Å². The fourth-order valence-corrected chi connectivity index (χ4v) is 5.82. The van der Waals surface area contributed by atoms with E-state index in [0.717, 1.165) is 66.1 Å². The molecule has 44 heavy (non-hydrogen) atoms. The van der Waals surface area contributed by atoms with Crippen LogP contribution < -0.4 is 0 Å². The van der Waals surface area contributed by atoms with Gasteiger partial charge in [0, 0.05) is 32.8 Å². The molecule has 0 amide bonds. The van der Waals surface area contributed by atoms with Crippen LogP contribution in [-0.4, -0.2) is 19.9 Å². The Kier molecular flexibility index (Phi) is 5.40. The summed E-state index contributed by atoms with van der Waals surface area (Å²) in [6.45, 7) is 0. The number of hydrogen-bond acceptors (Lipinski definition) is 6. The molecule has 0 aliphatic heterocycles. The average Bonchev–Trinajstić information content (AvgIpc) is 3.71. The molecule has 0 atom stereocenters. The van der Waals surface area contributed by atoms with E-state index in [0.29, 0.717) is 23.4 Å². The number of furan rings is 1. The lowest BCUT2D eigenvalue weighted by Gasteiger charge is -2.09. The second kappa shape index (κ2) is 9.71. The quantitative estimate of drug-likeness (QED) is 0.211. The topological polar surface area (TPSA) is 77.8 Å². The molecule has 9 rings (SSSR count). The second-order valence-electron chi connectivity index (χ2n) is 10.7. The van der Waals surface area contributed by atoms with Crippen LogP contribution in [-0.2, 0) is 0 Å². The average molecular weight is 567 g/mol. The van der Waals surface area contributed by atoms with Crippen molar-refractivity contribution in [1.82, 2.24) is 19.9 Å². The Bertz CT molecular complexity index is 2440. The van der Waals surface area contributed by atoms with Crippen molar-refractivity contribution in [2.45, 2.75) is 0 Å². The van der Waals surface area contributed by atoms with E-state index in [4.69, 9.17) is 28.8 Å². The lowest BCUT2D eigenvalue weighted by molar-refractivity contribution is 0.618. The van der Waals surface area contributed by atoms with Gasteiger partial charge in [0.1, 0.15) is 16.7 Å². The number of benzene rings is 6. The predicted molar refractivity (Wildman–Crippen MR) is 174 cm³/mol. The van der Waals surface area contributed by atoms with E-state index < -0.39 is 0 Å². The van der Waals surface area contributed by atoms with Gasteiger partial charge in [-0.2, -0.15) is 0 Å². The summed E-state index contributed by atoms with van der Waals surface area (Å²) in [6, 6.07) is 44.3. The van der Waals surface area contributed by atoms with Crippen molar-refractivity contribution in [2.24, 2.45) is 0 Å². The van der Waals surface area contributed by atoms with Crippen LogP contribution in [0.1, 0.15) is 0 Å². The number of oxazole rings is 1. The zero-order chi connectivity index (χ0) is 29.0. The summed E-state index contributed by atoms with van der Waals surface area (Å²) in [7, 11) is 0. The molecule has 0 spiro atoms. The largest absolute Gasteiger partial charge is 0.455 e. The molecule has 0 unspecified atom stereocenters. The Morgan fingerprint density at radius 3 is 1.82 bits per heavy atom. The number of nitrogens with zero attached hydrogens (tertiary/aromatic N) is 4. The van der Waals surface area contributed by atoms with Crippen LogP contribution in [0, 0.1) is 0 Å². The Hall–Kier alpha value is -6.14. The lowest BCUT2D eigenvalue weighted by Crippen LogP contribution is -2.00. The maximum atomic E-state index is 6.46. The highest BCUT2D eigenvalue weighted by atomic mass is 16.4. The van der Waals surface area contributed by atoms with Crippen molar-refractivity contribution >= 4 is 43.8 Å². The molecule has 3 aromatic heterocycles. The van der Waals surface area contributed by atoms with Gasteiger partial charge in [-0.3, -0.25) is 0 Å². The van der Waals surface area contributed by atoms with Gasteiger partial charge in [-0.25, -0.2) is 19.9 Å². The van der Waals surface area contributed by atoms with Crippen LogP contribution in [0.4, 0.5) is 0 Å². The first-order valence-corrected chi connectivity index (χ1v) is 14.4. The summed E-state index contributed by atoms with van der Waals surface area (Å²) in [5, 5.41) is 4.07. The van der Waals surface area contributed by atoms with Crippen LogP contribution in [0.2, 0.25) is 0 Å². The summed E-state index contributed by atoms with van der Waals surface area (Å²) in [4.78, 5) is 19.5. The Morgan fingerprint density at radius 1 is 0.409 bits per heavy atom. The Labute approximate surface area is 251 Å². The van der Waals surface area contributed by atoms with Crippen molar-refractivity contribution in [2.75, 3.05) is 0 Å². The van der Waals surface area contributed by atoms with Crippen molar-refractivity contribution in [1.29, 1.82) is 0 Å². The molecule has 0 radical (unpaired) electrons. The number of hydrogen-bond donors (Lipinski definition) is 0. The minimum absolute atomic E-state index is 0.527. The van der Waals surface area contributed by atoms with Crippen molar-refractivity contribution in [3.05, 3.63) is 133 Å². The SMILES string of the molecule is c1ccc(-c2nc(-c3ccccc3)nc(-c3ccc4c(ccc5nc(-c6cccc7c6oc6ccccc67)oc54)c3)n2)cc1. The molecule has 0 fully saturated rings. The van der Waals surface area contributed by atoms with E-state index in [1.54, 1.807) is 0 Å². The first-order chi connectivity index (χ1) is 21.8. The molecule has 3 heterocycles. The summed E-state index contributed by atoms with van der Waals surface area (Å²) in [5.74, 6) is 2.39. The van der Waals surface area contributed by atoms with Gasteiger partial charge in [0.15, 0.2) is 23.1 Å². The molecule has 0 aliphatic rings. The second-order valence-corrected chi connectivity index (χ2v) is 10.7. The smallest absolute Gasteiger partial charge is 0.231 e. The molecular formula is C38H22N4O2. The van der Waals surface area contributed by atoms with E-state index in [1.165, 1.54) is 0 Å². The number of fused-ring (bicyclic) bond motifs is 6. The third-order valence-corrected chi connectivity index (χ3v) is 7.96. The number of aromatic nitrogens is 4. The predicted octanol–water partition coefficient (Wildman–Crippen LogP) is 9.73. The molecular weight excluding hydrogens is 544 g/mol. The molecule has 6 nitrogen and oxygen atoms in total. The molecule has 0 saturated carbocycles. The molecule has 9 aromatic rings. The van der Waals surface area contributed by atoms with E-state index in [2.05, 4.69) is 30.3 Å². The fourth-order valence-electron chi connectivity index (χ4n) is 5.82. The van der Waals surface area contributed by atoms with E-state index in [-0.39, 0.29) is 0 Å². The van der Waals surface area contributed by atoms with E-state index in [9.17, 15) is 0 Å². The van der Waals surface area contributed by atoms with Gasteiger partial charge in [0.25, 0.3) is 0 Å². The number of rotatable bonds is 4. The Morgan fingerprint density at radius 2 is 1.07 bits per heavy atom. The third-order valence-electron chi connectivity index (χ3n) is 7.96. The lowest BCUT2D eigenvalue weighted by atomic mass is 10.1. The first-order valence-electron chi connectivity index (χ1n) is 14.4. The first kappa shape index (κ1) is 24.5. The standard InChI is InChI=1S/C38H22N4O2/c1-3-10-23(11-4-1)35-40-36(24-12-5-2-6-13-24)42-37(41-35)26-18-20-27-25(22-26)19-21-31-34(27)44-38(39-31)30-16-9-15-29-28-14-7-8-17-32(28)43-33(29)30/h1-22H. The van der Waals surface area contributed by atoms with Gasteiger partial charge < -0.3 is 8.83 Å². The normalized spacial score (nSPS) is 11.6. The monoisotopic (exact) mass is 566 g/mol. The molecule has 6 aromatic carbocycles. The summed E-state index contributed by atoms with van der Waals surface area (Å²) in [5.41, 5.74) is 6.70. The molecule has 6 heteroatoms. The number of para-hydroxylation sites is 2. The Balaban J connectivity index is 1.18. The highest BCUT2D eigenvalue weighted by Crippen LogP contribution is 2.38. The maximum absolute atomic E-state index is 6.46.